The molecule has 0 unspecified atom stereocenters. The summed E-state index contributed by atoms with van der Waals surface area (Å²) in [5.74, 6) is -1.26. The molecule has 0 atom stereocenters. The van der Waals surface area contributed by atoms with Crippen molar-refractivity contribution in [3.8, 4) is 6.07 Å². The highest BCUT2D eigenvalue weighted by atomic mass is 16.4. The standard InChI is InChI=1S/C4H3NO2.C4H10/c1-3(2-5)4(6)7;1-3-4-2/h1H2,(H,6,7);3-4H2,1-2H3. The number of hydrogen-bond acceptors (Lipinski definition) is 2. The minimum absolute atomic E-state index is 0.431. The van der Waals surface area contributed by atoms with Crippen LogP contribution in [0.2, 0.25) is 0 Å². The smallest absolute Gasteiger partial charge is 0.345 e. The molecule has 0 aliphatic rings. The van der Waals surface area contributed by atoms with Crippen LogP contribution in [0.25, 0.3) is 0 Å². The third-order valence-corrected chi connectivity index (χ3v) is 0.893. The molecule has 11 heavy (non-hydrogen) atoms. The maximum Gasteiger partial charge on any atom is 0.345 e. The van der Waals surface area contributed by atoms with E-state index >= 15 is 0 Å². The van der Waals surface area contributed by atoms with E-state index in [2.05, 4.69) is 20.4 Å². The van der Waals surface area contributed by atoms with Gasteiger partial charge in [-0.1, -0.05) is 33.3 Å². The highest BCUT2D eigenvalue weighted by molar-refractivity contribution is 5.90. The van der Waals surface area contributed by atoms with Gasteiger partial charge >= 0.3 is 5.97 Å². The number of carboxylic acid groups (broad SMARTS) is 1. The fraction of sp³-hybridized carbons (Fsp3) is 0.500. The van der Waals surface area contributed by atoms with Crippen molar-refractivity contribution < 1.29 is 9.90 Å². The van der Waals surface area contributed by atoms with Crippen LogP contribution in [0.4, 0.5) is 0 Å². The van der Waals surface area contributed by atoms with Crippen LogP contribution in [-0.2, 0) is 4.79 Å². The molecule has 0 rings (SSSR count). The van der Waals surface area contributed by atoms with Gasteiger partial charge in [0.15, 0.2) is 0 Å². The van der Waals surface area contributed by atoms with Crippen molar-refractivity contribution in [3.05, 3.63) is 12.2 Å². The van der Waals surface area contributed by atoms with Crippen LogP contribution in [-0.4, -0.2) is 11.1 Å². The summed E-state index contributed by atoms with van der Waals surface area (Å²) in [5.41, 5.74) is -0.431. The van der Waals surface area contributed by atoms with Gasteiger partial charge in [-0.2, -0.15) is 5.26 Å². The van der Waals surface area contributed by atoms with Crippen LogP contribution in [0, 0.1) is 11.3 Å². The number of carbonyl (C=O) groups is 1. The third kappa shape index (κ3) is 12.0. The zero-order chi connectivity index (χ0) is 9.28. The van der Waals surface area contributed by atoms with Crippen molar-refractivity contribution in [1.82, 2.24) is 0 Å². The molecule has 0 fully saturated rings. The molecule has 0 aliphatic heterocycles. The van der Waals surface area contributed by atoms with Crippen LogP contribution >= 0.6 is 0 Å². The first-order valence-electron chi connectivity index (χ1n) is 3.42. The molecular formula is C8H13NO2. The lowest BCUT2D eigenvalue weighted by atomic mass is 10.4. The van der Waals surface area contributed by atoms with E-state index in [9.17, 15) is 4.79 Å². The van der Waals surface area contributed by atoms with Gasteiger partial charge in [-0.3, -0.25) is 0 Å². The van der Waals surface area contributed by atoms with E-state index in [1.165, 1.54) is 18.9 Å². The minimum atomic E-state index is -1.26. The number of hydrogen-bond donors (Lipinski definition) is 1. The van der Waals surface area contributed by atoms with Gasteiger partial charge in [0.25, 0.3) is 0 Å². The van der Waals surface area contributed by atoms with E-state index in [0.717, 1.165) is 0 Å². The van der Waals surface area contributed by atoms with Gasteiger partial charge in [-0.25, -0.2) is 4.79 Å². The molecule has 0 amide bonds. The summed E-state index contributed by atoms with van der Waals surface area (Å²) < 4.78 is 0. The van der Waals surface area contributed by atoms with Crippen molar-refractivity contribution in [2.45, 2.75) is 26.7 Å². The number of nitrogens with zero attached hydrogens (tertiary/aromatic N) is 1. The maximum absolute atomic E-state index is 9.61. The van der Waals surface area contributed by atoms with Crippen LogP contribution in [0.15, 0.2) is 12.2 Å². The number of unbranched alkanes of at least 4 members (excludes halogenated alkanes) is 1. The number of nitriles is 1. The Morgan fingerprint density at radius 1 is 1.55 bits per heavy atom. The first-order chi connectivity index (χ1) is 5.09. The first kappa shape index (κ1) is 12.4. The topological polar surface area (TPSA) is 61.1 Å². The molecule has 3 nitrogen and oxygen atoms in total. The molecule has 0 aliphatic carbocycles. The van der Waals surface area contributed by atoms with E-state index in [0.29, 0.717) is 0 Å². The summed E-state index contributed by atoms with van der Waals surface area (Å²) >= 11 is 0. The molecule has 0 aromatic rings. The predicted octanol–water partition coefficient (Wildman–Crippen LogP) is 1.96. The van der Waals surface area contributed by atoms with Crippen LogP contribution in [0.5, 0.6) is 0 Å². The Hall–Kier alpha value is -1.30. The van der Waals surface area contributed by atoms with E-state index in [-0.39, 0.29) is 0 Å². The van der Waals surface area contributed by atoms with Gasteiger partial charge in [-0.05, 0) is 0 Å². The van der Waals surface area contributed by atoms with E-state index in [1.54, 1.807) is 0 Å². The quantitative estimate of drug-likeness (QED) is 0.489. The molecule has 0 saturated heterocycles. The largest absolute Gasteiger partial charge is 0.477 e. The molecule has 62 valence electrons. The van der Waals surface area contributed by atoms with Gasteiger partial charge in [0.05, 0.1) is 0 Å². The van der Waals surface area contributed by atoms with Crippen LogP contribution < -0.4 is 0 Å². The SMILES string of the molecule is C=C(C#N)C(=O)O.CCCC. The Balaban J connectivity index is 0. The second-order valence-electron chi connectivity index (χ2n) is 1.90. The number of rotatable bonds is 2. The van der Waals surface area contributed by atoms with E-state index < -0.39 is 11.5 Å². The molecule has 0 heterocycles. The second-order valence-corrected chi connectivity index (χ2v) is 1.90. The lowest BCUT2D eigenvalue weighted by molar-refractivity contribution is -0.132. The Kier molecular flexibility index (Phi) is 9.79. The summed E-state index contributed by atoms with van der Waals surface area (Å²) in [6, 6.07) is 1.37. The summed E-state index contributed by atoms with van der Waals surface area (Å²) in [6.45, 7) is 7.27. The van der Waals surface area contributed by atoms with Gasteiger partial charge in [-0.15, -0.1) is 0 Å². The van der Waals surface area contributed by atoms with E-state index in [1.807, 2.05) is 0 Å². The summed E-state index contributed by atoms with van der Waals surface area (Å²) in [4.78, 5) is 9.61. The molecule has 0 saturated carbocycles. The molecule has 0 bridgehead atoms. The Morgan fingerprint density at radius 3 is 1.91 bits per heavy atom. The molecule has 1 N–H and O–H groups in total. The summed E-state index contributed by atoms with van der Waals surface area (Å²) in [5, 5.41) is 15.6. The van der Waals surface area contributed by atoms with Gasteiger partial charge < -0.3 is 5.11 Å². The van der Waals surface area contributed by atoms with Crippen molar-refractivity contribution in [3.63, 3.8) is 0 Å². The number of aliphatic carboxylic acids is 1. The lowest BCUT2D eigenvalue weighted by Crippen LogP contribution is -1.94. The van der Waals surface area contributed by atoms with Gasteiger partial charge in [0, 0.05) is 0 Å². The molecule has 0 aromatic heterocycles. The molecule has 3 heteroatoms. The second kappa shape index (κ2) is 8.70. The number of carboxylic acids is 1. The molecule has 0 spiro atoms. The zero-order valence-corrected chi connectivity index (χ0v) is 6.92. The van der Waals surface area contributed by atoms with Crippen molar-refractivity contribution >= 4 is 5.97 Å². The van der Waals surface area contributed by atoms with Crippen molar-refractivity contribution in [2.24, 2.45) is 0 Å². The fourth-order valence-corrected chi connectivity index (χ4v) is 0.0478. The van der Waals surface area contributed by atoms with Gasteiger partial charge in [0.1, 0.15) is 11.6 Å². The average Bonchev–Trinajstić information content (AvgIpc) is 2.03. The predicted molar refractivity (Wildman–Crippen MR) is 43.0 cm³/mol. The maximum atomic E-state index is 9.61. The monoisotopic (exact) mass is 155 g/mol. The Morgan fingerprint density at radius 2 is 1.91 bits per heavy atom. The van der Waals surface area contributed by atoms with Crippen molar-refractivity contribution in [1.29, 1.82) is 5.26 Å². The zero-order valence-electron chi connectivity index (χ0n) is 6.92. The van der Waals surface area contributed by atoms with E-state index in [4.69, 9.17) is 10.4 Å². The molecule has 0 aromatic carbocycles. The minimum Gasteiger partial charge on any atom is -0.477 e. The lowest BCUT2D eigenvalue weighted by Gasteiger charge is -1.76. The van der Waals surface area contributed by atoms with Crippen LogP contribution in [0.1, 0.15) is 26.7 Å². The van der Waals surface area contributed by atoms with Crippen LogP contribution in [0.3, 0.4) is 0 Å². The third-order valence-electron chi connectivity index (χ3n) is 0.893. The summed E-state index contributed by atoms with van der Waals surface area (Å²) in [7, 11) is 0. The fourth-order valence-electron chi connectivity index (χ4n) is 0.0478. The molecule has 0 radical (unpaired) electrons. The Labute approximate surface area is 67.0 Å². The normalized spacial score (nSPS) is 7.00. The average molecular weight is 155 g/mol. The summed E-state index contributed by atoms with van der Waals surface area (Å²) in [6.07, 6.45) is 2.64. The Bertz CT molecular complexity index is 165. The highest BCUT2D eigenvalue weighted by Gasteiger charge is 1.97. The van der Waals surface area contributed by atoms with Gasteiger partial charge in [0.2, 0.25) is 0 Å². The molecular weight excluding hydrogens is 142 g/mol. The van der Waals surface area contributed by atoms with Crippen molar-refractivity contribution in [2.75, 3.05) is 0 Å². The first-order valence-corrected chi connectivity index (χ1v) is 3.42. The highest BCUT2D eigenvalue weighted by Crippen LogP contribution is 1.81.